The fourth-order valence-electron chi connectivity index (χ4n) is 6.54. The van der Waals surface area contributed by atoms with Crippen molar-refractivity contribution in [3.8, 4) is 0 Å². The van der Waals surface area contributed by atoms with E-state index in [2.05, 4.69) is 10.6 Å². The number of nitrogens with zero attached hydrogens (tertiary/aromatic N) is 1. The summed E-state index contributed by atoms with van der Waals surface area (Å²) in [6.45, 7) is 4.37. The first kappa shape index (κ1) is 25.9. The van der Waals surface area contributed by atoms with Gasteiger partial charge >= 0.3 is 0 Å². The summed E-state index contributed by atoms with van der Waals surface area (Å²) in [6, 6.07) is 4.55. The second-order valence-electron chi connectivity index (χ2n) is 10.0. The van der Waals surface area contributed by atoms with Crippen molar-refractivity contribution < 1.29 is 24.2 Å². The van der Waals surface area contributed by atoms with Gasteiger partial charge < -0.3 is 25.4 Å². The number of hydrogen-bond donors (Lipinski definition) is 3. The van der Waals surface area contributed by atoms with Crippen LogP contribution in [0.4, 0.5) is 5.69 Å². The van der Waals surface area contributed by atoms with Gasteiger partial charge in [0.25, 0.3) is 0 Å². The average molecular weight is 506 g/mol. The van der Waals surface area contributed by atoms with Crippen LogP contribution in [0.1, 0.15) is 57.4 Å². The standard InChI is InChI=1S/C26H36ClN3O5/c1-4-25-12-13-26(35-25)19(18(25)22(32)28-3)24(34)30(14-7-5-6-8-15-31)21(26)23(33)29-20-16(2)10-9-11-17(20)27/h9-11,18-19,21,31H,4-8,12-15H2,1-3H3,(H,28,32)(H,29,33)/t18-,19-,21?,25+,26?/m0/s1. The summed E-state index contributed by atoms with van der Waals surface area (Å²) in [7, 11) is 1.58. The Kier molecular flexibility index (Phi) is 7.46. The van der Waals surface area contributed by atoms with E-state index in [9.17, 15) is 14.4 Å². The van der Waals surface area contributed by atoms with E-state index in [1.54, 1.807) is 18.0 Å². The summed E-state index contributed by atoms with van der Waals surface area (Å²) >= 11 is 6.39. The number of para-hydroxylation sites is 1. The van der Waals surface area contributed by atoms with Crippen molar-refractivity contribution in [1.82, 2.24) is 10.2 Å². The molecule has 9 heteroatoms. The van der Waals surface area contributed by atoms with Gasteiger partial charge in [0.15, 0.2) is 0 Å². The van der Waals surface area contributed by atoms with Crippen LogP contribution in [0, 0.1) is 18.8 Å². The highest BCUT2D eigenvalue weighted by Gasteiger charge is 2.78. The van der Waals surface area contributed by atoms with Gasteiger partial charge in [-0.05, 0) is 50.7 Å². The zero-order chi connectivity index (χ0) is 25.4. The minimum absolute atomic E-state index is 0.136. The molecule has 1 aromatic carbocycles. The molecule has 4 rings (SSSR count). The van der Waals surface area contributed by atoms with E-state index in [4.69, 9.17) is 21.4 Å². The number of fused-ring (bicyclic) bond motifs is 1. The Hall–Kier alpha value is -2.16. The van der Waals surface area contributed by atoms with Gasteiger partial charge in [0.2, 0.25) is 17.7 Å². The van der Waals surface area contributed by atoms with E-state index in [1.165, 1.54) is 0 Å². The molecule has 8 nitrogen and oxygen atoms in total. The van der Waals surface area contributed by atoms with Crippen LogP contribution in [-0.2, 0) is 19.1 Å². The highest BCUT2D eigenvalue weighted by Crippen LogP contribution is 2.64. The van der Waals surface area contributed by atoms with Crippen molar-refractivity contribution in [3.05, 3.63) is 28.8 Å². The normalized spacial score (nSPS) is 31.1. The van der Waals surface area contributed by atoms with Crippen LogP contribution in [0.5, 0.6) is 0 Å². The maximum absolute atomic E-state index is 13.9. The molecule has 1 spiro atoms. The van der Waals surface area contributed by atoms with Crippen LogP contribution in [0.15, 0.2) is 18.2 Å². The lowest BCUT2D eigenvalue weighted by Gasteiger charge is -2.34. The second kappa shape index (κ2) is 10.1. The third-order valence-electron chi connectivity index (χ3n) is 8.24. The molecule has 3 heterocycles. The van der Waals surface area contributed by atoms with Gasteiger partial charge in [-0.3, -0.25) is 14.4 Å². The number of benzene rings is 1. The molecule has 35 heavy (non-hydrogen) atoms. The van der Waals surface area contributed by atoms with Crippen LogP contribution in [-0.4, -0.2) is 65.2 Å². The first-order valence-electron chi connectivity index (χ1n) is 12.7. The largest absolute Gasteiger partial charge is 0.396 e. The molecule has 0 aromatic heterocycles. The molecule has 2 unspecified atom stereocenters. The van der Waals surface area contributed by atoms with E-state index < -0.39 is 29.1 Å². The van der Waals surface area contributed by atoms with Crippen LogP contribution in [0.2, 0.25) is 5.02 Å². The van der Waals surface area contributed by atoms with Gasteiger partial charge in [0.05, 0.1) is 28.1 Å². The molecule has 3 aliphatic rings. The fraction of sp³-hybridized carbons (Fsp3) is 0.654. The predicted octanol–water partition coefficient (Wildman–Crippen LogP) is 3.04. The second-order valence-corrected chi connectivity index (χ2v) is 10.4. The highest BCUT2D eigenvalue weighted by molar-refractivity contribution is 6.34. The van der Waals surface area contributed by atoms with Crippen LogP contribution in [0.3, 0.4) is 0 Å². The van der Waals surface area contributed by atoms with Gasteiger partial charge in [-0.25, -0.2) is 0 Å². The Morgan fingerprint density at radius 1 is 1.20 bits per heavy atom. The summed E-state index contributed by atoms with van der Waals surface area (Å²) in [5.41, 5.74) is -0.444. The SMILES string of the molecule is CC[C@]12CCC3(O1)C(C(=O)Nc1c(C)cccc1Cl)N(CCCCCCO)C(=O)[C@@H]3[C@H]2C(=O)NC. The number of anilines is 1. The van der Waals surface area contributed by atoms with Crippen LogP contribution >= 0.6 is 11.6 Å². The smallest absolute Gasteiger partial charge is 0.250 e. The summed E-state index contributed by atoms with van der Waals surface area (Å²) in [6.07, 6.45) is 4.85. The molecule has 0 radical (unpaired) electrons. The fourth-order valence-corrected chi connectivity index (χ4v) is 6.81. The lowest BCUT2D eigenvalue weighted by molar-refractivity contribution is -0.145. The number of nitrogens with one attached hydrogen (secondary N) is 2. The number of carbonyl (C=O) groups excluding carboxylic acids is 3. The minimum Gasteiger partial charge on any atom is -0.396 e. The Morgan fingerprint density at radius 3 is 2.60 bits per heavy atom. The van der Waals surface area contributed by atoms with E-state index in [0.29, 0.717) is 49.4 Å². The van der Waals surface area contributed by atoms with E-state index in [0.717, 1.165) is 18.4 Å². The van der Waals surface area contributed by atoms with E-state index in [-0.39, 0.29) is 24.3 Å². The predicted molar refractivity (Wildman–Crippen MR) is 133 cm³/mol. The summed E-state index contributed by atoms with van der Waals surface area (Å²) in [5, 5.41) is 15.2. The number of aryl methyl sites for hydroxylation is 1. The lowest BCUT2D eigenvalue weighted by Crippen LogP contribution is -2.53. The van der Waals surface area contributed by atoms with Gasteiger partial charge in [0, 0.05) is 20.2 Å². The Morgan fingerprint density at radius 2 is 1.94 bits per heavy atom. The van der Waals surface area contributed by atoms with Crippen molar-refractivity contribution >= 4 is 35.0 Å². The monoisotopic (exact) mass is 505 g/mol. The molecule has 0 aliphatic carbocycles. The lowest BCUT2D eigenvalue weighted by atomic mass is 9.65. The number of halogens is 1. The molecule has 1 aromatic rings. The summed E-state index contributed by atoms with van der Waals surface area (Å²) in [5.74, 6) is -2.06. The molecule has 3 saturated heterocycles. The van der Waals surface area contributed by atoms with Crippen molar-refractivity contribution in [2.24, 2.45) is 11.8 Å². The summed E-state index contributed by atoms with van der Waals surface area (Å²) in [4.78, 5) is 42.5. The Labute approximate surface area is 211 Å². The first-order valence-corrected chi connectivity index (χ1v) is 13.0. The zero-order valence-corrected chi connectivity index (χ0v) is 21.5. The third kappa shape index (κ3) is 4.13. The molecule has 2 bridgehead atoms. The quantitative estimate of drug-likeness (QED) is 0.424. The van der Waals surface area contributed by atoms with E-state index >= 15 is 0 Å². The average Bonchev–Trinajstić information content (AvgIpc) is 3.44. The van der Waals surface area contributed by atoms with E-state index in [1.807, 2.05) is 26.0 Å². The van der Waals surface area contributed by atoms with Crippen molar-refractivity contribution in [3.63, 3.8) is 0 Å². The zero-order valence-electron chi connectivity index (χ0n) is 20.7. The maximum Gasteiger partial charge on any atom is 0.250 e. The molecular weight excluding hydrogens is 470 g/mol. The maximum atomic E-state index is 13.9. The number of hydrogen-bond acceptors (Lipinski definition) is 5. The van der Waals surface area contributed by atoms with Gasteiger partial charge in [-0.1, -0.05) is 43.5 Å². The number of aliphatic hydroxyl groups excluding tert-OH is 1. The summed E-state index contributed by atoms with van der Waals surface area (Å²) < 4.78 is 6.68. The number of rotatable bonds is 10. The van der Waals surface area contributed by atoms with Crippen molar-refractivity contribution in [1.29, 1.82) is 0 Å². The van der Waals surface area contributed by atoms with Crippen LogP contribution < -0.4 is 10.6 Å². The number of aliphatic hydroxyl groups is 1. The molecule has 3 aliphatic heterocycles. The Bertz CT molecular complexity index is 983. The molecule has 3 fully saturated rings. The molecule has 0 saturated carbocycles. The van der Waals surface area contributed by atoms with Gasteiger partial charge in [-0.15, -0.1) is 0 Å². The number of unbranched alkanes of at least 4 members (excludes halogenated alkanes) is 3. The van der Waals surface area contributed by atoms with Gasteiger partial charge in [-0.2, -0.15) is 0 Å². The number of amides is 3. The molecular formula is C26H36ClN3O5. The number of ether oxygens (including phenoxy) is 1. The topological polar surface area (TPSA) is 108 Å². The number of carbonyl (C=O) groups is 3. The molecule has 192 valence electrons. The Balaban J connectivity index is 1.70. The molecule has 3 amide bonds. The van der Waals surface area contributed by atoms with Crippen molar-refractivity contribution in [2.45, 2.75) is 76.0 Å². The van der Waals surface area contributed by atoms with Crippen molar-refractivity contribution in [2.75, 3.05) is 25.5 Å². The first-order chi connectivity index (χ1) is 16.8. The minimum atomic E-state index is -1.05. The highest BCUT2D eigenvalue weighted by atomic mass is 35.5. The van der Waals surface area contributed by atoms with Crippen LogP contribution in [0.25, 0.3) is 0 Å². The molecule has 3 N–H and O–H groups in total. The third-order valence-corrected chi connectivity index (χ3v) is 8.55. The van der Waals surface area contributed by atoms with Gasteiger partial charge in [0.1, 0.15) is 11.6 Å². The molecule has 5 atom stereocenters. The number of likely N-dealkylation sites (tertiary alicyclic amines) is 1.